The maximum Gasteiger partial charge on any atom is 0.268 e. The van der Waals surface area contributed by atoms with Gasteiger partial charge in [-0.25, -0.2) is 0 Å². The van der Waals surface area contributed by atoms with Crippen molar-refractivity contribution in [2.75, 3.05) is 27.2 Å². The topological polar surface area (TPSA) is 72.6 Å². The Morgan fingerprint density at radius 2 is 1.86 bits per heavy atom. The Hall–Kier alpha value is -2.73. The molecule has 0 bridgehead atoms. The number of fused-ring (bicyclic) bond motifs is 1. The van der Waals surface area contributed by atoms with Gasteiger partial charge < -0.3 is 10.2 Å². The van der Waals surface area contributed by atoms with E-state index in [2.05, 4.69) is 19.4 Å². The van der Waals surface area contributed by atoms with Gasteiger partial charge in [0.15, 0.2) is 5.78 Å². The maximum atomic E-state index is 13.2. The summed E-state index contributed by atoms with van der Waals surface area (Å²) >= 11 is 0. The molecule has 0 saturated carbocycles. The number of hydrogen-bond donors (Lipinski definition) is 2. The van der Waals surface area contributed by atoms with Crippen LogP contribution in [0.1, 0.15) is 51.2 Å². The molecule has 1 aliphatic carbocycles. The van der Waals surface area contributed by atoms with Gasteiger partial charge in [-0.1, -0.05) is 17.7 Å². The summed E-state index contributed by atoms with van der Waals surface area (Å²) in [7, 11) is 4.11. The van der Waals surface area contributed by atoms with Crippen LogP contribution in [0.15, 0.2) is 35.1 Å². The number of aromatic nitrogens is 1. The van der Waals surface area contributed by atoms with Gasteiger partial charge in [-0.2, -0.15) is 0 Å². The molecular weight excluding hydrogens is 354 g/mol. The fourth-order valence-corrected chi connectivity index (χ4v) is 3.56. The zero-order chi connectivity index (χ0) is 20.3. The second-order valence-electron chi connectivity index (χ2n) is 7.74. The van der Waals surface area contributed by atoms with E-state index < -0.39 is 5.91 Å². The Morgan fingerprint density at radius 1 is 1.14 bits per heavy atom. The van der Waals surface area contributed by atoms with Crippen molar-refractivity contribution < 1.29 is 14.5 Å². The Bertz CT molecular complexity index is 943. The third kappa shape index (κ3) is 4.22. The Kier molecular flexibility index (Phi) is 6.09. The van der Waals surface area contributed by atoms with Crippen LogP contribution in [0.4, 0.5) is 0 Å². The van der Waals surface area contributed by atoms with Crippen LogP contribution < -0.4 is 15.8 Å². The molecule has 2 aromatic rings. The lowest BCUT2D eigenvalue weighted by atomic mass is 9.92. The zero-order valence-electron chi connectivity index (χ0n) is 16.8. The summed E-state index contributed by atoms with van der Waals surface area (Å²) in [6.07, 6.45) is 2.64. The molecule has 1 aromatic carbocycles. The van der Waals surface area contributed by atoms with E-state index in [1.165, 1.54) is 11.0 Å². The fourth-order valence-electron chi connectivity index (χ4n) is 3.56. The average molecular weight is 382 g/mol. The van der Waals surface area contributed by atoms with Crippen molar-refractivity contribution >= 4 is 11.7 Å². The highest BCUT2D eigenvalue weighted by Gasteiger charge is 2.26. The number of quaternary nitrogens is 1. The highest BCUT2D eigenvalue weighted by atomic mass is 16.2. The van der Waals surface area contributed by atoms with Crippen LogP contribution in [0.5, 0.6) is 0 Å². The molecule has 0 fully saturated rings. The molecule has 1 heterocycles. The summed E-state index contributed by atoms with van der Waals surface area (Å²) in [6, 6.07) is 9.07. The van der Waals surface area contributed by atoms with Gasteiger partial charge in [-0.05, 0) is 38.0 Å². The third-order valence-electron chi connectivity index (χ3n) is 5.10. The monoisotopic (exact) mass is 382 g/mol. The average Bonchev–Trinajstić information content (AvgIpc) is 2.66. The van der Waals surface area contributed by atoms with Gasteiger partial charge in [-0.15, -0.1) is 0 Å². The number of amides is 1. The first-order valence-corrected chi connectivity index (χ1v) is 9.85. The molecule has 148 valence electrons. The van der Waals surface area contributed by atoms with Crippen LogP contribution >= 0.6 is 0 Å². The minimum atomic E-state index is -0.416. The lowest BCUT2D eigenvalue weighted by molar-refractivity contribution is -0.858. The highest BCUT2D eigenvalue weighted by Crippen LogP contribution is 2.23. The standard InChI is InChI=1S/C22H27N3O3/c1-15-8-10-16(11-9-15)25-19-6-4-7-20(26)17(19)14-18(22(25)28)21(27)23-12-5-13-24(2)3/h8-11,14H,4-7,12-13H2,1-3H3,(H,23,27)/p+1. The summed E-state index contributed by atoms with van der Waals surface area (Å²) in [5.41, 5.74) is 2.64. The van der Waals surface area contributed by atoms with E-state index in [1.54, 1.807) is 4.57 Å². The van der Waals surface area contributed by atoms with Crippen LogP contribution in [0.25, 0.3) is 5.69 Å². The van der Waals surface area contributed by atoms with Crippen molar-refractivity contribution in [2.24, 2.45) is 0 Å². The van der Waals surface area contributed by atoms with E-state index >= 15 is 0 Å². The smallest absolute Gasteiger partial charge is 0.268 e. The van der Waals surface area contributed by atoms with Crippen LogP contribution in [-0.4, -0.2) is 43.4 Å². The summed E-state index contributed by atoms with van der Waals surface area (Å²) < 4.78 is 1.55. The molecule has 0 radical (unpaired) electrons. The molecule has 0 saturated heterocycles. The number of pyridine rings is 1. The summed E-state index contributed by atoms with van der Waals surface area (Å²) in [6.45, 7) is 3.40. The normalized spacial score (nSPS) is 13.5. The molecule has 6 heteroatoms. The number of ketones is 1. The van der Waals surface area contributed by atoms with Crippen LogP contribution in [0.3, 0.4) is 0 Å². The largest absolute Gasteiger partial charge is 0.352 e. The molecule has 0 unspecified atom stereocenters. The van der Waals surface area contributed by atoms with Crippen molar-refractivity contribution in [1.82, 2.24) is 9.88 Å². The number of Topliss-reactive ketones (excluding diaryl/α,β-unsaturated/α-hetero) is 1. The summed E-state index contributed by atoms with van der Waals surface area (Å²) in [5.74, 6) is -0.423. The minimum Gasteiger partial charge on any atom is -0.352 e. The van der Waals surface area contributed by atoms with E-state index in [1.807, 2.05) is 31.2 Å². The Morgan fingerprint density at radius 3 is 2.54 bits per heavy atom. The predicted octanol–water partition coefficient (Wildman–Crippen LogP) is 0.929. The van der Waals surface area contributed by atoms with E-state index in [-0.39, 0.29) is 16.9 Å². The third-order valence-corrected chi connectivity index (χ3v) is 5.10. The number of nitrogens with one attached hydrogen (secondary N) is 2. The number of nitrogens with zero attached hydrogens (tertiary/aromatic N) is 1. The van der Waals surface area contributed by atoms with Crippen molar-refractivity contribution in [2.45, 2.75) is 32.6 Å². The van der Waals surface area contributed by atoms with Crippen LogP contribution in [0.2, 0.25) is 0 Å². The fraction of sp³-hybridized carbons (Fsp3) is 0.409. The lowest BCUT2D eigenvalue weighted by Crippen LogP contribution is -3.05. The van der Waals surface area contributed by atoms with Gasteiger partial charge in [0.1, 0.15) is 5.56 Å². The second-order valence-corrected chi connectivity index (χ2v) is 7.74. The minimum absolute atomic E-state index is 0.00707. The first-order valence-electron chi connectivity index (χ1n) is 9.85. The molecular formula is C22H28N3O3+. The van der Waals surface area contributed by atoms with Gasteiger partial charge in [0.25, 0.3) is 11.5 Å². The first-order chi connectivity index (χ1) is 13.4. The van der Waals surface area contributed by atoms with Gasteiger partial charge in [0.2, 0.25) is 0 Å². The number of aryl methyl sites for hydroxylation is 1. The molecule has 6 nitrogen and oxygen atoms in total. The highest BCUT2D eigenvalue weighted by molar-refractivity contribution is 6.01. The zero-order valence-corrected chi connectivity index (χ0v) is 16.8. The SMILES string of the molecule is Cc1ccc(-n2c3c(cc(C(=O)NCCC[NH+](C)C)c2=O)C(=O)CCC3)cc1. The number of benzene rings is 1. The maximum absolute atomic E-state index is 13.2. The van der Waals surface area contributed by atoms with Crippen molar-refractivity contribution in [3.63, 3.8) is 0 Å². The molecule has 1 aliphatic rings. The Labute approximate surface area is 165 Å². The lowest BCUT2D eigenvalue weighted by Gasteiger charge is -2.21. The second kappa shape index (κ2) is 8.52. The predicted molar refractivity (Wildman–Crippen MR) is 109 cm³/mol. The number of hydrogen-bond acceptors (Lipinski definition) is 3. The first kappa shape index (κ1) is 20.0. The van der Waals surface area contributed by atoms with Crippen LogP contribution in [0, 0.1) is 6.92 Å². The molecule has 28 heavy (non-hydrogen) atoms. The summed E-state index contributed by atoms with van der Waals surface area (Å²) in [4.78, 5) is 39.7. The quantitative estimate of drug-likeness (QED) is 0.730. The molecule has 1 aromatic heterocycles. The van der Waals surface area contributed by atoms with E-state index in [9.17, 15) is 14.4 Å². The van der Waals surface area contributed by atoms with Crippen LogP contribution in [-0.2, 0) is 6.42 Å². The van der Waals surface area contributed by atoms with Gasteiger partial charge >= 0.3 is 0 Å². The molecule has 0 spiro atoms. The van der Waals surface area contributed by atoms with Crippen molar-refractivity contribution in [3.8, 4) is 5.69 Å². The number of carbonyl (C=O) groups excluding carboxylic acids is 2. The van der Waals surface area contributed by atoms with Crippen molar-refractivity contribution in [3.05, 3.63) is 63.1 Å². The molecule has 3 rings (SSSR count). The van der Waals surface area contributed by atoms with Gasteiger partial charge in [0.05, 0.1) is 20.6 Å². The number of rotatable bonds is 6. The molecule has 0 atom stereocenters. The van der Waals surface area contributed by atoms with Crippen molar-refractivity contribution in [1.29, 1.82) is 0 Å². The molecule has 0 aliphatic heterocycles. The Balaban J connectivity index is 2.02. The van der Waals surface area contributed by atoms with E-state index in [0.29, 0.717) is 36.3 Å². The summed E-state index contributed by atoms with van der Waals surface area (Å²) in [5, 5.41) is 2.83. The van der Waals surface area contributed by atoms with E-state index in [0.717, 1.165) is 24.9 Å². The molecule has 1 amide bonds. The van der Waals surface area contributed by atoms with Gasteiger partial charge in [0, 0.05) is 36.3 Å². The van der Waals surface area contributed by atoms with E-state index in [4.69, 9.17) is 0 Å². The number of carbonyl (C=O) groups is 2. The molecule has 2 N–H and O–H groups in total. The van der Waals surface area contributed by atoms with Gasteiger partial charge in [-0.3, -0.25) is 19.0 Å².